The van der Waals surface area contributed by atoms with Crippen molar-refractivity contribution >= 4 is 16.0 Å². The van der Waals surface area contributed by atoms with E-state index in [1.165, 1.54) is 7.11 Å². The third kappa shape index (κ3) is 3.86. The van der Waals surface area contributed by atoms with Crippen LogP contribution in [-0.4, -0.2) is 44.6 Å². The van der Waals surface area contributed by atoms with Crippen LogP contribution in [0.2, 0.25) is 0 Å². The van der Waals surface area contributed by atoms with E-state index in [2.05, 4.69) is 16.9 Å². The van der Waals surface area contributed by atoms with Crippen LogP contribution in [0, 0.1) is 11.3 Å². The van der Waals surface area contributed by atoms with Gasteiger partial charge in [0.15, 0.2) is 0 Å². The predicted molar refractivity (Wildman–Crippen MR) is 81.2 cm³/mol. The Labute approximate surface area is 127 Å². The second-order valence-electron chi connectivity index (χ2n) is 6.35. The minimum Gasteiger partial charge on any atom is -0.469 e. The molecule has 0 aromatic carbocycles. The lowest BCUT2D eigenvalue weighted by molar-refractivity contribution is -0.144. The van der Waals surface area contributed by atoms with Gasteiger partial charge in [0.1, 0.15) is 0 Å². The molecule has 2 atom stereocenters. The maximum absolute atomic E-state index is 12.5. The Hall–Kier alpha value is -0.880. The third-order valence-electron chi connectivity index (χ3n) is 4.64. The van der Waals surface area contributed by atoms with Gasteiger partial charge in [-0.05, 0) is 37.5 Å². The van der Waals surface area contributed by atoms with Crippen molar-refractivity contribution in [1.29, 1.82) is 0 Å². The summed E-state index contributed by atoms with van der Waals surface area (Å²) < 4.78 is 31.3. The van der Waals surface area contributed by atoms with Gasteiger partial charge in [0.05, 0.1) is 18.8 Å². The number of rotatable bonds is 4. The lowest BCUT2D eigenvalue weighted by Crippen LogP contribution is -2.48. The summed E-state index contributed by atoms with van der Waals surface area (Å²) in [5, 5.41) is 0. The van der Waals surface area contributed by atoms with Crippen molar-refractivity contribution in [3.05, 3.63) is 12.2 Å². The average Bonchev–Trinajstić information content (AvgIpc) is 2.46. The average molecular weight is 315 g/mol. The zero-order valence-electron chi connectivity index (χ0n) is 12.9. The second-order valence-corrected chi connectivity index (χ2v) is 8.37. The Morgan fingerprint density at radius 3 is 2.76 bits per heavy atom. The number of hydrogen-bond acceptors (Lipinski definition) is 4. The molecule has 0 radical (unpaired) electrons. The van der Waals surface area contributed by atoms with Crippen LogP contribution in [-0.2, 0) is 19.6 Å². The summed E-state index contributed by atoms with van der Waals surface area (Å²) in [6.07, 6.45) is 9.41. The molecule has 2 unspecified atom stereocenters. The number of ether oxygens (including phenoxy) is 1. The SMILES string of the molecule is COC(=O)C(C)CS(=O)(=O)N1CCCC2(CC=CCC2)C1. The van der Waals surface area contributed by atoms with Gasteiger partial charge < -0.3 is 4.74 Å². The first-order valence-corrected chi connectivity index (χ1v) is 9.20. The highest BCUT2D eigenvalue weighted by atomic mass is 32.2. The highest BCUT2D eigenvalue weighted by molar-refractivity contribution is 7.89. The molecular formula is C15H25NO4S. The number of carbonyl (C=O) groups excluding carboxylic acids is 1. The first-order chi connectivity index (χ1) is 9.88. The van der Waals surface area contributed by atoms with Crippen LogP contribution in [0.3, 0.4) is 0 Å². The van der Waals surface area contributed by atoms with Gasteiger partial charge in [-0.25, -0.2) is 12.7 Å². The molecule has 2 aliphatic rings. The van der Waals surface area contributed by atoms with E-state index in [4.69, 9.17) is 0 Å². The Kier molecular flexibility index (Phi) is 5.09. The minimum atomic E-state index is -3.40. The molecule has 1 spiro atoms. The third-order valence-corrected chi connectivity index (χ3v) is 6.66. The normalized spacial score (nSPS) is 28.5. The van der Waals surface area contributed by atoms with E-state index in [9.17, 15) is 13.2 Å². The molecule has 1 fully saturated rings. The van der Waals surface area contributed by atoms with Crippen LogP contribution in [0.25, 0.3) is 0 Å². The number of piperidine rings is 1. The number of methoxy groups -OCH3 is 1. The van der Waals surface area contributed by atoms with Crippen molar-refractivity contribution in [2.24, 2.45) is 11.3 Å². The molecule has 21 heavy (non-hydrogen) atoms. The summed E-state index contributed by atoms with van der Waals surface area (Å²) in [6, 6.07) is 0. The van der Waals surface area contributed by atoms with Crippen molar-refractivity contribution in [3.63, 3.8) is 0 Å². The van der Waals surface area contributed by atoms with Gasteiger partial charge in [0.25, 0.3) is 0 Å². The van der Waals surface area contributed by atoms with E-state index in [-0.39, 0.29) is 11.2 Å². The molecule has 0 aromatic rings. The minimum absolute atomic E-state index is 0.106. The van der Waals surface area contributed by atoms with E-state index in [1.54, 1.807) is 11.2 Å². The van der Waals surface area contributed by atoms with Crippen LogP contribution in [0.15, 0.2) is 12.2 Å². The largest absolute Gasteiger partial charge is 0.469 e. The highest BCUT2D eigenvalue weighted by Gasteiger charge is 2.40. The lowest BCUT2D eigenvalue weighted by Gasteiger charge is -2.43. The predicted octanol–water partition coefficient (Wildman–Crippen LogP) is 1.95. The fraction of sp³-hybridized carbons (Fsp3) is 0.800. The van der Waals surface area contributed by atoms with Crippen molar-refractivity contribution in [2.75, 3.05) is 26.0 Å². The molecular weight excluding hydrogens is 290 g/mol. The van der Waals surface area contributed by atoms with E-state index in [0.29, 0.717) is 13.1 Å². The Balaban J connectivity index is 2.06. The fourth-order valence-corrected chi connectivity index (χ4v) is 5.26. The Morgan fingerprint density at radius 1 is 1.38 bits per heavy atom. The Bertz CT molecular complexity index is 514. The molecule has 5 nitrogen and oxygen atoms in total. The molecule has 0 amide bonds. The van der Waals surface area contributed by atoms with Crippen LogP contribution >= 0.6 is 0 Å². The summed E-state index contributed by atoms with van der Waals surface area (Å²) in [5.41, 5.74) is 0.106. The monoisotopic (exact) mass is 315 g/mol. The molecule has 1 saturated heterocycles. The quantitative estimate of drug-likeness (QED) is 0.587. The first kappa shape index (κ1) is 16.5. The summed E-state index contributed by atoms with van der Waals surface area (Å²) in [6.45, 7) is 2.77. The van der Waals surface area contributed by atoms with Gasteiger partial charge in [-0.3, -0.25) is 4.79 Å². The number of hydrogen-bond donors (Lipinski definition) is 0. The van der Waals surface area contributed by atoms with Gasteiger partial charge in [-0.2, -0.15) is 0 Å². The molecule has 0 aromatic heterocycles. The van der Waals surface area contributed by atoms with Crippen LogP contribution in [0.5, 0.6) is 0 Å². The van der Waals surface area contributed by atoms with E-state index < -0.39 is 21.9 Å². The number of nitrogens with zero attached hydrogens (tertiary/aromatic N) is 1. The van der Waals surface area contributed by atoms with E-state index >= 15 is 0 Å². The number of allylic oxidation sites excluding steroid dienone is 2. The maximum Gasteiger partial charge on any atom is 0.309 e. The molecule has 1 aliphatic carbocycles. The van der Waals surface area contributed by atoms with Crippen molar-refractivity contribution in [1.82, 2.24) is 4.31 Å². The first-order valence-electron chi connectivity index (χ1n) is 7.59. The summed E-state index contributed by atoms with van der Waals surface area (Å²) in [7, 11) is -2.12. The highest BCUT2D eigenvalue weighted by Crippen LogP contribution is 2.41. The van der Waals surface area contributed by atoms with Crippen molar-refractivity contribution in [3.8, 4) is 0 Å². The molecule has 6 heteroatoms. The standard InChI is InChI=1S/C15H25NO4S/c1-13(14(17)20-2)11-21(18,19)16-10-6-9-15(12-16)7-4-3-5-8-15/h3-4,13H,5-12H2,1-2H3. The zero-order chi connectivity index (χ0) is 15.5. The number of sulfonamides is 1. The molecule has 0 bridgehead atoms. The summed E-state index contributed by atoms with van der Waals surface area (Å²) in [4.78, 5) is 11.5. The van der Waals surface area contributed by atoms with Crippen LogP contribution in [0.1, 0.15) is 39.0 Å². The number of esters is 1. The summed E-state index contributed by atoms with van der Waals surface area (Å²) >= 11 is 0. The van der Waals surface area contributed by atoms with Crippen LogP contribution in [0.4, 0.5) is 0 Å². The number of carbonyl (C=O) groups is 1. The topological polar surface area (TPSA) is 63.7 Å². The van der Waals surface area contributed by atoms with Gasteiger partial charge in [0.2, 0.25) is 10.0 Å². The van der Waals surface area contributed by atoms with E-state index in [0.717, 1.165) is 32.1 Å². The van der Waals surface area contributed by atoms with Gasteiger partial charge >= 0.3 is 5.97 Å². The second kappa shape index (κ2) is 6.48. The van der Waals surface area contributed by atoms with Crippen molar-refractivity contribution < 1.29 is 17.9 Å². The molecule has 1 aliphatic heterocycles. The molecule has 2 rings (SSSR count). The smallest absolute Gasteiger partial charge is 0.309 e. The van der Waals surface area contributed by atoms with Gasteiger partial charge in [-0.1, -0.05) is 19.1 Å². The van der Waals surface area contributed by atoms with Crippen LogP contribution < -0.4 is 0 Å². The maximum atomic E-state index is 12.5. The molecule has 0 saturated carbocycles. The summed E-state index contributed by atoms with van der Waals surface area (Å²) in [5.74, 6) is -1.25. The Morgan fingerprint density at radius 2 is 2.14 bits per heavy atom. The zero-order valence-corrected chi connectivity index (χ0v) is 13.7. The van der Waals surface area contributed by atoms with Gasteiger partial charge in [-0.15, -0.1) is 0 Å². The van der Waals surface area contributed by atoms with Gasteiger partial charge in [0, 0.05) is 13.1 Å². The van der Waals surface area contributed by atoms with Crippen molar-refractivity contribution in [2.45, 2.75) is 39.0 Å². The molecule has 1 heterocycles. The van der Waals surface area contributed by atoms with E-state index in [1.807, 2.05) is 0 Å². The fourth-order valence-electron chi connectivity index (χ4n) is 3.40. The molecule has 120 valence electrons. The molecule has 0 N–H and O–H groups in total. The lowest BCUT2D eigenvalue weighted by atomic mass is 9.72.